The molecule has 0 aliphatic rings. The molecule has 0 aliphatic carbocycles. The van der Waals surface area contributed by atoms with E-state index in [4.69, 9.17) is 14.7 Å². The summed E-state index contributed by atoms with van der Waals surface area (Å²) in [5.41, 5.74) is 0.617. The number of ether oxygens (including phenoxy) is 2. The van der Waals surface area contributed by atoms with E-state index < -0.39 is 0 Å². The van der Waals surface area contributed by atoms with E-state index in [9.17, 15) is 0 Å². The third-order valence-electron chi connectivity index (χ3n) is 2.35. The van der Waals surface area contributed by atoms with Gasteiger partial charge in [0, 0.05) is 6.61 Å². The normalized spacial score (nSPS) is 9.88. The van der Waals surface area contributed by atoms with Crippen LogP contribution in [0.15, 0.2) is 24.3 Å². The SMILES string of the molecule is CCCCCOCCOc1cccc(C#N)c1. The van der Waals surface area contributed by atoms with Crippen LogP contribution >= 0.6 is 0 Å². The van der Waals surface area contributed by atoms with E-state index >= 15 is 0 Å². The van der Waals surface area contributed by atoms with Crippen molar-refractivity contribution < 1.29 is 9.47 Å². The standard InChI is InChI=1S/C14H19NO2/c1-2-3-4-8-16-9-10-17-14-7-5-6-13(11-14)12-15/h5-7,11H,2-4,8-10H2,1H3. The van der Waals surface area contributed by atoms with Crippen molar-refractivity contribution in [3.05, 3.63) is 29.8 Å². The summed E-state index contributed by atoms with van der Waals surface area (Å²) >= 11 is 0. The van der Waals surface area contributed by atoms with Crippen LogP contribution < -0.4 is 4.74 Å². The highest BCUT2D eigenvalue weighted by Crippen LogP contribution is 2.12. The zero-order chi connectivity index (χ0) is 12.3. The van der Waals surface area contributed by atoms with E-state index in [-0.39, 0.29) is 0 Å². The monoisotopic (exact) mass is 233 g/mol. The van der Waals surface area contributed by atoms with Gasteiger partial charge in [-0.3, -0.25) is 0 Å². The Hall–Kier alpha value is -1.53. The topological polar surface area (TPSA) is 42.2 Å². The second-order valence-corrected chi connectivity index (χ2v) is 3.81. The highest BCUT2D eigenvalue weighted by molar-refractivity contribution is 5.36. The number of nitrogens with zero attached hydrogens (tertiary/aromatic N) is 1. The van der Waals surface area contributed by atoms with Crippen LogP contribution in [-0.4, -0.2) is 19.8 Å². The smallest absolute Gasteiger partial charge is 0.120 e. The Morgan fingerprint density at radius 3 is 2.82 bits per heavy atom. The molecule has 0 aliphatic heterocycles. The summed E-state index contributed by atoms with van der Waals surface area (Å²) in [6.45, 7) is 4.10. The van der Waals surface area contributed by atoms with Crippen molar-refractivity contribution in [2.45, 2.75) is 26.2 Å². The zero-order valence-corrected chi connectivity index (χ0v) is 10.3. The number of unbranched alkanes of at least 4 members (excludes halogenated alkanes) is 2. The third-order valence-corrected chi connectivity index (χ3v) is 2.35. The average Bonchev–Trinajstić information content (AvgIpc) is 2.38. The Bertz CT molecular complexity index is 357. The van der Waals surface area contributed by atoms with Gasteiger partial charge in [0.1, 0.15) is 12.4 Å². The molecular weight excluding hydrogens is 214 g/mol. The van der Waals surface area contributed by atoms with Gasteiger partial charge in [-0.2, -0.15) is 5.26 Å². The summed E-state index contributed by atoms with van der Waals surface area (Å²) in [4.78, 5) is 0. The molecule has 0 saturated heterocycles. The molecule has 0 fully saturated rings. The molecule has 0 unspecified atom stereocenters. The molecule has 1 aromatic carbocycles. The molecule has 17 heavy (non-hydrogen) atoms. The molecule has 0 atom stereocenters. The van der Waals surface area contributed by atoms with Crippen molar-refractivity contribution in [3.63, 3.8) is 0 Å². The van der Waals surface area contributed by atoms with Crippen molar-refractivity contribution in [1.29, 1.82) is 5.26 Å². The van der Waals surface area contributed by atoms with Crippen LogP contribution in [0.3, 0.4) is 0 Å². The Kier molecular flexibility index (Phi) is 6.85. The molecule has 0 amide bonds. The number of hydrogen-bond acceptors (Lipinski definition) is 3. The molecule has 0 bridgehead atoms. The molecular formula is C14H19NO2. The van der Waals surface area contributed by atoms with Crippen LogP contribution in [0, 0.1) is 11.3 Å². The summed E-state index contributed by atoms with van der Waals surface area (Å²) < 4.78 is 10.9. The Labute approximate surface area is 103 Å². The minimum Gasteiger partial charge on any atom is -0.491 e. The van der Waals surface area contributed by atoms with Crippen LogP contribution in [0.1, 0.15) is 31.7 Å². The summed E-state index contributed by atoms with van der Waals surface area (Å²) in [6.07, 6.45) is 3.53. The second-order valence-electron chi connectivity index (χ2n) is 3.81. The lowest BCUT2D eigenvalue weighted by atomic mass is 10.2. The predicted molar refractivity (Wildman–Crippen MR) is 67.0 cm³/mol. The molecule has 0 aromatic heterocycles. The van der Waals surface area contributed by atoms with Crippen LogP contribution in [0.4, 0.5) is 0 Å². The van der Waals surface area contributed by atoms with Crippen LogP contribution in [0.5, 0.6) is 5.75 Å². The first-order valence-electron chi connectivity index (χ1n) is 6.07. The number of nitriles is 1. The van der Waals surface area contributed by atoms with Crippen molar-refractivity contribution in [3.8, 4) is 11.8 Å². The first-order valence-corrected chi connectivity index (χ1v) is 6.07. The molecule has 1 rings (SSSR count). The van der Waals surface area contributed by atoms with E-state index in [1.54, 1.807) is 12.1 Å². The molecule has 0 spiro atoms. The van der Waals surface area contributed by atoms with E-state index in [0.29, 0.717) is 18.8 Å². The fourth-order valence-electron chi connectivity index (χ4n) is 1.43. The molecule has 0 radical (unpaired) electrons. The lowest BCUT2D eigenvalue weighted by Gasteiger charge is -2.07. The maximum atomic E-state index is 8.72. The Morgan fingerprint density at radius 1 is 1.18 bits per heavy atom. The minimum atomic E-state index is 0.529. The van der Waals surface area contributed by atoms with Gasteiger partial charge in [-0.25, -0.2) is 0 Å². The fourth-order valence-corrected chi connectivity index (χ4v) is 1.43. The fraction of sp³-hybridized carbons (Fsp3) is 0.500. The van der Waals surface area contributed by atoms with Crippen LogP contribution in [0.2, 0.25) is 0 Å². The van der Waals surface area contributed by atoms with Crippen LogP contribution in [0.25, 0.3) is 0 Å². The average molecular weight is 233 g/mol. The van der Waals surface area contributed by atoms with E-state index in [1.165, 1.54) is 12.8 Å². The van der Waals surface area contributed by atoms with Crippen molar-refractivity contribution in [1.82, 2.24) is 0 Å². The first kappa shape index (κ1) is 13.5. The summed E-state index contributed by atoms with van der Waals surface area (Å²) in [5, 5.41) is 8.72. The Morgan fingerprint density at radius 2 is 2.06 bits per heavy atom. The van der Waals surface area contributed by atoms with Crippen LogP contribution in [-0.2, 0) is 4.74 Å². The quantitative estimate of drug-likeness (QED) is 0.648. The van der Waals surface area contributed by atoms with Gasteiger partial charge in [-0.1, -0.05) is 25.8 Å². The van der Waals surface area contributed by atoms with Gasteiger partial charge in [0.15, 0.2) is 0 Å². The maximum Gasteiger partial charge on any atom is 0.120 e. The van der Waals surface area contributed by atoms with E-state index in [2.05, 4.69) is 13.0 Å². The first-order chi connectivity index (χ1) is 8.36. The maximum absolute atomic E-state index is 8.72. The summed E-state index contributed by atoms with van der Waals surface area (Å²) in [7, 11) is 0. The Balaban J connectivity index is 2.12. The predicted octanol–water partition coefficient (Wildman–Crippen LogP) is 3.14. The molecule has 0 saturated carbocycles. The van der Waals surface area contributed by atoms with Gasteiger partial charge in [0.05, 0.1) is 18.2 Å². The second kappa shape index (κ2) is 8.60. The van der Waals surface area contributed by atoms with Gasteiger partial charge in [-0.05, 0) is 24.6 Å². The van der Waals surface area contributed by atoms with Crippen molar-refractivity contribution in [2.75, 3.05) is 19.8 Å². The molecule has 3 heteroatoms. The summed E-state index contributed by atoms with van der Waals surface area (Å²) in [5.74, 6) is 0.723. The number of benzene rings is 1. The third kappa shape index (κ3) is 5.94. The molecule has 1 aromatic rings. The highest BCUT2D eigenvalue weighted by atomic mass is 16.5. The summed E-state index contributed by atoms with van der Waals surface area (Å²) in [6, 6.07) is 9.23. The van der Waals surface area contributed by atoms with Gasteiger partial charge < -0.3 is 9.47 Å². The van der Waals surface area contributed by atoms with E-state index in [0.717, 1.165) is 18.8 Å². The molecule has 0 N–H and O–H groups in total. The number of rotatable bonds is 8. The largest absolute Gasteiger partial charge is 0.491 e. The lowest BCUT2D eigenvalue weighted by molar-refractivity contribution is 0.0973. The van der Waals surface area contributed by atoms with Gasteiger partial charge in [0.25, 0.3) is 0 Å². The molecule has 3 nitrogen and oxygen atoms in total. The van der Waals surface area contributed by atoms with Gasteiger partial charge in [0.2, 0.25) is 0 Å². The number of hydrogen-bond donors (Lipinski definition) is 0. The van der Waals surface area contributed by atoms with E-state index in [1.807, 2.05) is 12.1 Å². The molecule has 0 heterocycles. The minimum absolute atomic E-state index is 0.529. The van der Waals surface area contributed by atoms with Crippen molar-refractivity contribution >= 4 is 0 Å². The van der Waals surface area contributed by atoms with Gasteiger partial charge >= 0.3 is 0 Å². The molecule has 92 valence electrons. The lowest BCUT2D eigenvalue weighted by Crippen LogP contribution is -2.07. The zero-order valence-electron chi connectivity index (χ0n) is 10.3. The highest BCUT2D eigenvalue weighted by Gasteiger charge is 1.96. The van der Waals surface area contributed by atoms with Crippen molar-refractivity contribution in [2.24, 2.45) is 0 Å². The van der Waals surface area contributed by atoms with Gasteiger partial charge in [-0.15, -0.1) is 0 Å².